The number of rotatable bonds is 1. The third kappa shape index (κ3) is 2.01. The van der Waals surface area contributed by atoms with Crippen LogP contribution in [0.25, 0.3) is 0 Å². The molecule has 3 nitrogen and oxygen atoms in total. The van der Waals surface area contributed by atoms with Crippen LogP contribution >= 0.6 is 0 Å². The summed E-state index contributed by atoms with van der Waals surface area (Å²) in [7, 11) is 0. The summed E-state index contributed by atoms with van der Waals surface area (Å²) >= 11 is 0. The number of Topliss-reactive ketones (excluding diaryl/α,β-unsaturated/α-hetero) is 1. The van der Waals surface area contributed by atoms with Crippen LogP contribution < -0.4 is 29.6 Å². The van der Waals surface area contributed by atoms with Crippen molar-refractivity contribution in [1.29, 1.82) is 0 Å². The molecule has 4 heteroatoms. The number of carbonyl (C=O) groups excluding carboxylic acids is 1. The van der Waals surface area contributed by atoms with E-state index in [1.165, 1.54) is 0 Å². The fourth-order valence-electron chi connectivity index (χ4n) is 0.942. The molecule has 0 amide bonds. The molecule has 1 rings (SSSR count). The minimum atomic E-state index is -1.04. The van der Waals surface area contributed by atoms with Gasteiger partial charge in [0.15, 0.2) is 5.97 Å². The molecule has 0 atom stereocenters. The minimum absolute atomic E-state index is 0. The second-order valence-corrected chi connectivity index (χ2v) is 2.06. The number of hydrogen-bond acceptors (Lipinski definition) is 2. The summed E-state index contributed by atoms with van der Waals surface area (Å²) in [6.45, 7) is 0. The van der Waals surface area contributed by atoms with Crippen molar-refractivity contribution in [1.82, 2.24) is 0 Å². The molecule has 0 aliphatic heterocycles. The van der Waals surface area contributed by atoms with E-state index in [1.54, 1.807) is 0 Å². The third-order valence-corrected chi connectivity index (χ3v) is 1.43. The molecule has 1 aliphatic rings. The van der Waals surface area contributed by atoms with Gasteiger partial charge in [-0.1, -0.05) is 6.42 Å². The largest absolute Gasteiger partial charge is 1.00 e. The van der Waals surface area contributed by atoms with Crippen LogP contribution in [-0.4, -0.2) is 16.9 Å². The normalized spacial score (nSPS) is 16.8. The zero-order valence-corrected chi connectivity index (χ0v) is 7.89. The zero-order chi connectivity index (χ0) is 6.85. The number of carboxylic acids is 1. The van der Waals surface area contributed by atoms with Crippen LogP contribution in [0.2, 0.25) is 0 Å². The molecule has 0 aromatic rings. The predicted octanol–water partition coefficient (Wildman–Crippen LogP) is -2.60. The van der Waals surface area contributed by atoms with Gasteiger partial charge in [0.05, 0.1) is 0 Å². The van der Waals surface area contributed by atoms with Crippen molar-refractivity contribution in [2.24, 2.45) is 0 Å². The molecule has 0 unspecified atom stereocenters. The first-order chi connectivity index (χ1) is 4.22. The average molecular weight is 150 g/mol. The van der Waals surface area contributed by atoms with E-state index in [2.05, 4.69) is 0 Å². The van der Waals surface area contributed by atoms with E-state index in [4.69, 9.17) is 5.11 Å². The van der Waals surface area contributed by atoms with Gasteiger partial charge in [0.2, 0.25) is 0 Å². The van der Waals surface area contributed by atoms with E-state index < -0.39 is 5.97 Å². The number of aliphatic carboxylic acids is 1. The molecular formula is C6H7NaO3. The van der Waals surface area contributed by atoms with Crippen LogP contribution in [0.15, 0.2) is 0 Å². The van der Waals surface area contributed by atoms with Crippen LogP contribution in [0.3, 0.4) is 0 Å². The molecule has 1 N–H and O–H groups in total. The van der Waals surface area contributed by atoms with E-state index in [1.807, 2.05) is 0 Å². The van der Waals surface area contributed by atoms with Crippen molar-refractivity contribution in [2.45, 2.75) is 19.3 Å². The second-order valence-electron chi connectivity index (χ2n) is 2.06. The van der Waals surface area contributed by atoms with Crippen LogP contribution in [0, 0.1) is 5.92 Å². The van der Waals surface area contributed by atoms with Crippen LogP contribution in [0.1, 0.15) is 19.3 Å². The Balaban J connectivity index is 0.000000810. The zero-order valence-electron chi connectivity index (χ0n) is 5.89. The molecule has 0 aromatic heterocycles. The fraction of sp³-hybridized carbons (Fsp3) is 0.500. The number of ketones is 1. The van der Waals surface area contributed by atoms with Crippen molar-refractivity contribution in [3.05, 3.63) is 5.92 Å². The monoisotopic (exact) mass is 150 g/mol. The molecule has 1 aliphatic carbocycles. The first-order valence-electron chi connectivity index (χ1n) is 2.84. The van der Waals surface area contributed by atoms with Gasteiger partial charge < -0.3 is 9.90 Å². The van der Waals surface area contributed by atoms with Gasteiger partial charge in [0, 0.05) is 5.78 Å². The average Bonchev–Trinajstić information content (AvgIpc) is 2.13. The first kappa shape index (κ1) is 10.0. The summed E-state index contributed by atoms with van der Waals surface area (Å²) in [6.07, 6.45) is 1.58. The fourth-order valence-corrected chi connectivity index (χ4v) is 0.942. The molecule has 0 radical (unpaired) electrons. The Morgan fingerprint density at radius 2 is 2.20 bits per heavy atom. The topological polar surface area (TPSA) is 54.4 Å². The molecule has 50 valence electrons. The molecule has 0 heterocycles. The standard InChI is InChI=1S/C6H7O3.Na/c7-5-3-1-2-4(5)6(8)9;/h1-3H2,(H,8,9);/q-1;+1. The molecule has 1 saturated carbocycles. The van der Waals surface area contributed by atoms with Gasteiger partial charge in [0.1, 0.15) is 0 Å². The van der Waals surface area contributed by atoms with Crippen LogP contribution in [0.4, 0.5) is 0 Å². The smallest absolute Gasteiger partial charge is 0.503 e. The maximum atomic E-state index is 10.6. The maximum Gasteiger partial charge on any atom is 1.00 e. The number of carboxylic acid groups (broad SMARTS) is 1. The number of carbonyl (C=O) groups is 2. The summed E-state index contributed by atoms with van der Waals surface area (Å²) < 4.78 is 0. The summed E-state index contributed by atoms with van der Waals surface area (Å²) in [6, 6.07) is 0. The molecule has 0 aromatic carbocycles. The van der Waals surface area contributed by atoms with Crippen LogP contribution in [-0.2, 0) is 9.59 Å². The third-order valence-electron chi connectivity index (χ3n) is 1.43. The Labute approximate surface area is 81.1 Å². The maximum absolute atomic E-state index is 10.6. The van der Waals surface area contributed by atoms with E-state index in [9.17, 15) is 9.59 Å². The van der Waals surface area contributed by atoms with Gasteiger partial charge in [0.25, 0.3) is 0 Å². The van der Waals surface area contributed by atoms with Crippen LogP contribution in [0.5, 0.6) is 0 Å². The molecule has 0 spiro atoms. The van der Waals surface area contributed by atoms with Crippen molar-refractivity contribution < 1.29 is 44.3 Å². The molecule has 1 fully saturated rings. The van der Waals surface area contributed by atoms with E-state index in [0.29, 0.717) is 19.3 Å². The summed E-state index contributed by atoms with van der Waals surface area (Å²) in [4.78, 5) is 20.8. The Bertz CT molecular complexity index is 155. The van der Waals surface area contributed by atoms with Crippen molar-refractivity contribution in [3.8, 4) is 0 Å². The summed E-state index contributed by atoms with van der Waals surface area (Å²) in [5.74, 6) is -1.16. The molecule has 0 bridgehead atoms. The van der Waals surface area contributed by atoms with Gasteiger partial charge in [-0.3, -0.25) is 4.79 Å². The molecular weight excluding hydrogens is 143 g/mol. The molecule has 10 heavy (non-hydrogen) atoms. The quantitative estimate of drug-likeness (QED) is 0.329. The minimum Gasteiger partial charge on any atom is -0.503 e. The molecule has 0 saturated heterocycles. The van der Waals surface area contributed by atoms with E-state index in [0.717, 1.165) is 0 Å². The van der Waals surface area contributed by atoms with Gasteiger partial charge in [-0.15, -0.1) is 6.42 Å². The summed E-state index contributed by atoms with van der Waals surface area (Å²) in [5.41, 5.74) is 0. The van der Waals surface area contributed by atoms with E-state index >= 15 is 0 Å². The van der Waals surface area contributed by atoms with Crippen molar-refractivity contribution >= 4 is 11.8 Å². The van der Waals surface area contributed by atoms with Crippen molar-refractivity contribution in [3.63, 3.8) is 0 Å². The van der Waals surface area contributed by atoms with Gasteiger partial charge >= 0.3 is 29.6 Å². The SMILES string of the molecule is O=C(O)[C-]1CCCC1=O.[Na+]. The Morgan fingerprint density at radius 3 is 2.40 bits per heavy atom. The summed E-state index contributed by atoms with van der Waals surface area (Å²) in [5, 5.41) is 8.33. The Kier molecular flexibility index (Phi) is 4.01. The van der Waals surface area contributed by atoms with Gasteiger partial charge in [-0.05, 0) is 6.42 Å². The predicted molar refractivity (Wildman–Crippen MR) is 29.7 cm³/mol. The van der Waals surface area contributed by atoms with E-state index in [-0.39, 0.29) is 41.3 Å². The first-order valence-corrected chi connectivity index (χ1v) is 2.84. The van der Waals surface area contributed by atoms with Gasteiger partial charge in [-0.25, -0.2) is 5.92 Å². The second kappa shape index (κ2) is 4.01. The number of hydrogen-bond donors (Lipinski definition) is 1. The Morgan fingerprint density at radius 1 is 1.60 bits per heavy atom. The van der Waals surface area contributed by atoms with Crippen molar-refractivity contribution in [2.75, 3.05) is 0 Å². The Hall–Kier alpha value is 0.0100. The van der Waals surface area contributed by atoms with Gasteiger partial charge in [-0.2, -0.15) is 0 Å².